The van der Waals surface area contributed by atoms with Crippen molar-refractivity contribution in [2.45, 2.75) is 46.1 Å². The number of carbonyl (C=O) groups is 1. The van der Waals surface area contributed by atoms with E-state index in [1.807, 2.05) is 63.2 Å². The summed E-state index contributed by atoms with van der Waals surface area (Å²) in [5.74, 6) is 6.87. The smallest absolute Gasteiger partial charge is 0.429 e. The molecule has 0 aliphatic heterocycles. The molecule has 5 heteroatoms. The molecule has 2 N–H and O–H groups in total. The van der Waals surface area contributed by atoms with Gasteiger partial charge in [0.25, 0.3) is 0 Å². The lowest BCUT2D eigenvalue weighted by Gasteiger charge is -2.25. The van der Waals surface area contributed by atoms with Crippen molar-refractivity contribution in [2.24, 2.45) is 5.84 Å². The summed E-state index contributed by atoms with van der Waals surface area (Å²) in [6.45, 7) is 7.53. The molecule has 2 aromatic rings. The van der Waals surface area contributed by atoms with Crippen molar-refractivity contribution < 1.29 is 14.3 Å². The molecule has 0 bridgehead atoms. The molecule has 0 atom stereocenters. The van der Waals surface area contributed by atoms with Crippen LogP contribution in [0.5, 0.6) is 5.75 Å². The van der Waals surface area contributed by atoms with Gasteiger partial charge in [-0.2, -0.15) is 0 Å². The van der Waals surface area contributed by atoms with Crippen molar-refractivity contribution in [3.05, 3.63) is 48.0 Å². The van der Waals surface area contributed by atoms with E-state index < -0.39 is 11.7 Å². The summed E-state index contributed by atoms with van der Waals surface area (Å²) in [7, 11) is 1.66. The highest BCUT2D eigenvalue weighted by Crippen LogP contribution is 2.37. The summed E-state index contributed by atoms with van der Waals surface area (Å²) in [6.07, 6.45) is 1.17. The molecule has 2 rings (SSSR count). The van der Waals surface area contributed by atoms with Gasteiger partial charge in [0.05, 0.1) is 12.8 Å². The Bertz CT molecular complexity index is 752. The van der Waals surface area contributed by atoms with E-state index in [0.717, 1.165) is 40.3 Å². The Labute approximate surface area is 155 Å². The van der Waals surface area contributed by atoms with Crippen LogP contribution in [0.25, 0.3) is 11.1 Å². The monoisotopic (exact) mass is 356 g/mol. The predicted octanol–water partition coefficient (Wildman–Crippen LogP) is 4.93. The van der Waals surface area contributed by atoms with Crippen LogP contribution in [0, 0.1) is 0 Å². The number of benzene rings is 2. The second kappa shape index (κ2) is 8.23. The number of anilines is 1. The lowest BCUT2D eigenvalue weighted by molar-refractivity contribution is 0.0580. The van der Waals surface area contributed by atoms with Crippen molar-refractivity contribution in [1.82, 2.24) is 0 Å². The fraction of sp³-hybridized carbons (Fsp3) is 0.381. The molecule has 0 aliphatic rings. The maximum atomic E-state index is 12.4. The number of aryl methyl sites for hydroxylation is 1. The largest absolute Gasteiger partial charge is 0.496 e. The van der Waals surface area contributed by atoms with Crippen molar-refractivity contribution in [3.63, 3.8) is 0 Å². The van der Waals surface area contributed by atoms with Crippen molar-refractivity contribution in [3.8, 4) is 16.9 Å². The standard InChI is InChI=1S/C21H28N2O3/c1-6-10-16-13-17(23(22)20(24)26-21(2,3)4)14-18(19(16)25-5)15-11-8-7-9-12-15/h7-9,11-14H,6,10,22H2,1-5H3. The number of amides is 1. The Balaban J connectivity index is 2.53. The summed E-state index contributed by atoms with van der Waals surface area (Å²) < 4.78 is 11.1. The molecule has 140 valence electrons. The van der Waals surface area contributed by atoms with E-state index in [1.54, 1.807) is 7.11 Å². The van der Waals surface area contributed by atoms with E-state index >= 15 is 0 Å². The summed E-state index contributed by atoms with van der Waals surface area (Å²) >= 11 is 0. The van der Waals surface area contributed by atoms with Crippen LogP contribution < -0.4 is 15.6 Å². The second-order valence-corrected chi connectivity index (χ2v) is 7.15. The normalized spacial score (nSPS) is 11.2. The minimum atomic E-state index is -0.615. The molecular weight excluding hydrogens is 328 g/mol. The Hall–Kier alpha value is -2.53. The van der Waals surface area contributed by atoms with Crippen LogP contribution in [0.1, 0.15) is 39.7 Å². The number of hydrogen-bond donors (Lipinski definition) is 1. The number of nitrogens with zero attached hydrogens (tertiary/aromatic N) is 1. The minimum absolute atomic E-state index is 0.572. The van der Waals surface area contributed by atoms with Gasteiger partial charge in [0.15, 0.2) is 0 Å². The third-order valence-electron chi connectivity index (χ3n) is 3.83. The van der Waals surface area contributed by atoms with E-state index in [0.29, 0.717) is 5.69 Å². The summed E-state index contributed by atoms with van der Waals surface area (Å²) in [6, 6.07) is 13.7. The first-order valence-electron chi connectivity index (χ1n) is 8.81. The molecule has 2 aromatic carbocycles. The van der Waals surface area contributed by atoms with E-state index in [9.17, 15) is 4.79 Å². The number of methoxy groups -OCH3 is 1. The average Bonchev–Trinajstić information content (AvgIpc) is 2.60. The number of hydrazine groups is 1. The van der Waals surface area contributed by atoms with Crippen LogP contribution in [0.4, 0.5) is 10.5 Å². The maximum absolute atomic E-state index is 12.4. The highest BCUT2D eigenvalue weighted by molar-refractivity contribution is 5.89. The molecule has 0 spiro atoms. The van der Waals surface area contributed by atoms with Crippen molar-refractivity contribution in [1.29, 1.82) is 0 Å². The fourth-order valence-electron chi connectivity index (χ4n) is 2.76. The lowest BCUT2D eigenvalue weighted by atomic mass is 9.98. The fourth-order valence-corrected chi connectivity index (χ4v) is 2.76. The van der Waals surface area contributed by atoms with Crippen molar-refractivity contribution >= 4 is 11.8 Å². The zero-order chi connectivity index (χ0) is 19.3. The number of hydrogen-bond acceptors (Lipinski definition) is 4. The number of carbonyl (C=O) groups excluding carboxylic acids is 1. The van der Waals surface area contributed by atoms with Gasteiger partial charge in [-0.15, -0.1) is 0 Å². The van der Waals surface area contributed by atoms with E-state index in [2.05, 4.69) is 6.92 Å². The first kappa shape index (κ1) is 19.8. The molecule has 0 unspecified atom stereocenters. The van der Waals surface area contributed by atoms with Gasteiger partial charge >= 0.3 is 6.09 Å². The Morgan fingerprint density at radius 1 is 1.15 bits per heavy atom. The zero-order valence-corrected chi connectivity index (χ0v) is 16.2. The number of ether oxygens (including phenoxy) is 2. The highest BCUT2D eigenvalue weighted by atomic mass is 16.6. The Morgan fingerprint density at radius 3 is 2.35 bits per heavy atom. The van der Waals surface area contributed by atoms with Gasteiger partial charge in [-0.25, -0.2) is 15.6 Å². The molecular formula is C21H28N2O3. The molecule has 26 heavy (non-hydrogen) atoms. The van der Waals surface area contributed by atoms with Gasteiger partial charge in [-0.05, 0) is 50.5 Å². The molecule has 5 nitrogen and oxygen atoms in total. The van der Waals surface area contributed by atoms with Crippen molar-refractivity contribution in [2.75, 3.05) is 12.1 Å². The van der Waals surface area contributed by atoms with E-state index in [-0.39, 0.29) is 0 Å². The molecule has 0 aliphatic carbocycles. The van der Waals surface area contributed by atoms with E-state index in [1.165, 1.54) is 0 Å². The van der Waals surface area contributed by atoms with Crippen LogP contribution >= 0.6 is 0 Å². The molecule has 1 amide bonds. The van der Waals surface area contributed by atoms with Gasteiger partial charge in [-0.3, -0.25) is 0 Å². The van der Waals surface area contributed by atoms with Crippen LogP contribution in [0.15, 0.2) is 42.5 Å². The van der Waals surface area contributed by atoms with E-state index in [4.69, 9.17) is 15.3 Å². The second-order valence-electron chi connectivity index (χ2n) is 7.15. The SMILES string of the molecule is CCCc1cc(N(N)C(=O)OC(C)(C)C)cc(-c2ccccc2)c1OC. The molecule has 0 fully saturated rings. The quantitative estimate of drug-likeness (QED) is 0.469. The van der Waals surface area contributed by atoms with Crippen LogP contribution in [0.3, 0.4) is 0 Å². The van der Waals surface area contributed by atoms with Gasteiger partial charge in [-0.1, -0.05) is 43.7 Å². The average molecular weight is 356 g/mol. The van der Waals surface area contributed by atoms with Gasteiger partial charge < -0.3 is 9.47 Å². The Kier molecular flexibility index (Phi) is 6.27. The third kappa shape index (κ3) is 4.76. The third-order valence-corrected chi connectivity index (χ3v) is 3.83. The van der Waals surface area contributed by atoms with Gasteiger partial charge in [0.2, 0.25) is 0 Å². The topological polar surface area (TPSA) is 64.8 Å². The molecule has 0 aromatic heterocycles. The zero-order valence-electron chi connectivity index (χ0n) is 16.2. The predicted molar refractivity (Wildman–Crippen MR) is 105 cm³/mol. The van der Waals surface area contributed by atoms with Crippen LogP contribution in [0.2, 0.25) is 0 Å². The summed E-state index contributed by atoms with van der Waals surface area (Å²) in [5, 5.41) is 1.05. The van der Waals surface area contributed by atoms with Gasteiger partial charge in [0.1, 0.15) is 11.4 Å². The molecule has 0 radical (unpaired) electrons. The van der Waals surface area contributed by atoms with Gasteiger partial charge in [0, 0.05) is 5.56 Å². The highest BCUT2D eigenvalue weighted by Gasteiger charge is 2.23. The Morgan fingerprint density at radius 2 is 1.81 bits per heavy atom. The maximum Gasteiger partial charge on any atom is 0.429 e. The molecule has 0 saturated carbocycles. The minimum Gasteiger partial charge on any atom is -0.496 e. The molecule has 0 heterocycles. The summed E-state index contributed by atoms with van der Waals surface area (Å²) in [5.41, 5.74) is 2.86. The molecule has 0 saturated heterocycles. The number of rotatable bonds is 5. The first-order chi connectivity index (χ1) is 12.3. The van der Waals surface area contributed by atoms with Crippen LogP contribution in [-0.2, 0) is 11.2 Å². The number of nitrogens with two attached hydrogens (primary N) is 1. The van der Waals surface area contributed by atoms with Crippen LogP contribution in [-0.4, -0.2) is 18.8 Å². The summed E-state index contributed by atoms with van der Waals surface area (Å²) in [4.78, 5) is 12.4. The lowest BCUT2D eigenvalue weighted by Crippen LogP contribution is -2.41. The first-order valence-corrected chi connectivity index (χ1v) is 8.81.